The van der Waals surface area contributed by atoms with Crippen molar-refractivity contribution in [3.63, 3.8) is 0 Å². The van der Waals surface area contributed by atoms with Crippen LogP contribution in [0.4, 0.5) is 11.4 Å². The van der Waals surface area contributed by atoms with Crippen LogP contribution in [0.1, 0.15) is 22.8 Å². The molecule has 4 nitrogen and oxygen atoms in total. The van der Waals surface area contributed by atoms with E-state index in [1.807, 2.05) is 31.2 Å². The quantitative estimate of drug-likeness (QED) is 0.828. The largest absolute Gasteiger partial charge is 0.376 e. The van der Waals surface area contributed by atoms with E-state index in [4.69, 9.17) is 0 Å². The van der Waals surface area contributed by atoms with E-state index >= 15 is 0 Å². The van der Waals surface area contributed by atoms with Crippen molar-refractivity contribution in [2.24, 2.45) is 0 Å². The maximum absolute atomic E-state index is 11.9. The van der Waals surface area contributed by atoms with E-state index in [-0.39, 0.29) is 18.2 Å². The molecule has 0 aliphatic heterocycles. The van der Waals surface area contributed by atoms with Crippen LogP contribution in [0.5, 0.6) is 0 Å². The van der Waals surface area contributed by atoms with Crippen LogP contribution in [0.15, 0.2) is 48.5 Å². The summed E-state index contributed by atoms with van der Waals surface area (Å²) in [7, 11) is 0. The van der Waals surface area contributed by atoms with E-state index in [9.17, 15) is 9.59 Å². The fourth-order valence-electron chi connectivity index (χ4n) is 1.94. The van der Waals surface area contributed by atoms with E-state index in [0.29, 0.717) is 11.3 Å². The minimum atomic E-state index is -0.131. The Hall–Kier alpha value is -2.62. The Morgan fingerprint density at radius 1 is 1.00 bits per heavy atom. The minimum Gasteiger partial charge on any atom is -0.376 e. The molecule has 0 aliphatic carbocycles. The Balaban J connectivity index is 1.90. The topological polar surface area (TPSA) is 58.2 Å². The average Bonchev–Trinajstić information content (AvgIpc) is 2.47. The van der Waals surface area contributed by atoms with Gasteiger partial charge in [0.05, 0.1) is 6.54 Å². The Morgan fingerprint density at radius 2 is 1.67 bits per heavy atom. The first kappa shape index (κ1) is 14.8. The molecule has 2 N–H and O–H groups in total. The number of carbonyl (C=O) groups excluding carboxylic acids is 2. The molecule has 0 bridgehead atoms. The third-order valence-corrected chi connectivity index (χ3v) is 3.16. The second kappa shape index (κ2) is 6.70. The van der Waals surface area contributed by atoms with Gasteiger partial charge in [0, 0.05) is 16.9 Å². The molecule has 0 fully saturated rings. The summed E-state index contributed by atoms with van der Waals surface area (Å²) in [6.07, 6.45) is 0. The number of hydrogen-bond acceptors (Lipinski definition) is 3. The maximum Gasteiger partial charge on any atom is 0.243 e. The third-order valence-electron chi connectivity index (χ3n) is 3.16. The lowest BCUT2D eigenvalue weighted by Gasteiger charge is -2.10. The van der Waals surface area contributed by atoms with Crippen LogP contribution in [0.3, 0.4) is 0 Å². The van der Waals surface area contributed by atoms with Gasteiger partial charge in [-0.1, -0.05) is 18.2 Å². The molecule has 21 heavy (non-hydrogen) atoms. The summed E-state index contributed by atoms with van der Waals surface area (Å²) in [4.78, 5) is 23.0. The van der Waals surface area contributed by atoms with Gasteiger partial charge < -0.3 is 10.6 Å². The summed E-state index contributed by atoms with van der Waals surface area (Å²) in [6, 6.07) is 14.7. The molecule has 0 saturated carbocycles. The molecule has 0 heterocycles. The smallest absolute Gasteiger partial charge is 0.243 e. The molecule has 2 aromatic carbocycles. The molecule has 4 heteroatoms. The number of para-hydroxylation sites is 1. The van der Waals surface area contributed by atoms with Gasteiger partial charge in [-0.15, -0.1) is 0 Å². The van der Waals surface area contributed by atoms with Gasteiger partial charge in [0.2, 0.25) is 5.91 Å². The third kappa shape index (κ3) is 4.18. The number of Topliss-reactive ketones (excluding diaryl/α,β-unsaturated/α-hetero) is 1. The van der Waals surface area contributed by atoms with Crippen molar-refractivity contribution in [1.82, 2.24) is 0 Å². The molecule has 2 rings (SSSR count). The van der Waals surface area contributed by atoms with Gasteiger partial charge in [-0.05, 0) is 49.7 Å². The molecule has 1 amide bonds. The van der Waals surface area contributed by atoms with Crippen LogP contribution in [0.2, 0.25) is 0 Å². The Labute approximate surface area is 124 Å². The second-order valence-electron chi connectivity index (χ2n) is 4.85. The Kier molecular flexibility index (Phi) is 4.72. The lowest BCUT2D eigenvalue weighted by Crippen LogP contribution is -2.22. The maximum atomic E-state index is 11.9. The van der Waals surface area contributed by atoms with Gasteiger partial charge in [0.25, 0.3) is 0 Å². The van der Waals surface area contributed by atoms with Crippen molar-refractivity contribution < 1.29 is 9.59 Å². The summed E-state index contributed by atoms with van der Waals surface area (Å²) >= 11 is 0. The number of aryl methyl sites for hydroxylation is 1. The van der Waals surface area contributed by atoms with Gasteiger partial charge in [0.15, 0.2) is 5.78 Å². The first-order valence-corrected chi connectivity index (χ1v) is 6.76. The minimum absolute atomic E-state index is 0.00842. The Morgan fingerprint density at radius 3 is 2.29 bits per heavy atom. The molecule has 108 valence electrons. The van der Waals surface area contributed by atoms with Crippen molar-refractivity contribution in [3.05, 3.63) is 59.7 Å². The number of benzene rings is 2. The highest BCUT2D eigenvalue weighted by Gasteiger charge is 2.04. The van der Waals surface area contributed by atoms with Gasteiger partial charge in [-0.2, -0.15) is 0 Å². The number of nitrogens with one attached hydrogen (secondary N) is 2. The fraction of sp³-hybridized carbons (Fsp3) is 0.176. The molecule has 0 saturated heterocycles. The van der Waals surface area contributed by atoms with E-state index < -0.39 is 0 Å². The fourth-order valence-corrected chi connectivity index (χ4v) is 1.94. The molecule has 0 aromatic heterocycles. The lowest BCUT2D eigenvalue weighted by atomic mass is 10.1. The van der Waals surface area contributed by atoms with Crippen molar-refractivity contribution in [3.8, 4) is 0 Å². The van der Waals surface area contributed by atoms with Crippen LogP contribution in [-0.2, 0) is 4.79 Å². The second-order valence-corrected chi connectivity index (χ2v) is 4.85. The number of rotatable bonds is 5. The summed E-state index contributed by atoms with van der Waals surface area (Å²) < 4.78 is 0. The first-order valence-electron chi connectivity index (χ1n) is 6.76. The monoisotopic (exact) mass is 282 g/mol. The SMILES string of the molecule is CC(=O)c1ccc(NC(=O)CNc2ccccc2C)cc1. The summed E-state index contributed by atoms with van der Waals surface area (Å²) in [5, 5.41) is 5.88. The molecule has 0 atom stereocenters. The van der Waals surface area contributed by atoms with E-state index in [1.54, 1.807) is 24.3 Å². The van der Waals surface area contributed by atoms with Gasteiger partial charge in [-0.3, -0.25) is 9.59 Å². The number of carbonyl (C=O) groups is 2. The van der Waals surface area contributed by atoms with Crippen molar-refractivity contribution >= 4 is 23.1 Å². The van der Waals surface area contributed by atoms with Gasteiger partial charge in [0.1, 0.15) is 0 Å². The van der Waals surface area contributed by atoms with Gasteiger partial charge in [-0.25, -0.2) is 0 Å². The summed E-state index contributed by atoms with van der Waals surface area (Å²) in [5.41, 5.74) is 3.35. The number of anilines is 2. The zero-order valence-corrected chi connectivity index (χ0v) is 12.1. The number of ketones is 1. The van der Waals surface area contributed by atoms with Gasteiger partial charge >= 0.3 is 0 Å². The summed E-state index contributed by atoms with van der Waals surface area (Å²) in [5.74, 6) is -0.122. The van der Waals surface area contributed by atoms with Crippen molar-refractivity contribution in [1.29, 1.82) is 0 Å². The molecule has 0 spiro atoms. The number of amides is 1. The highest BCUT2D eigenvalue weighted by atomic mass is 16.2. The molecule has 0 radical (unpaired) electrons. The highest BCUT2D eigenvalue weighted by molar-refractivity contribution is 5.96. The normalized spacial score (nSPS) is 10.0. The Bertz CT molecular complexity index is 648. The molecular formula is C17H18N2O2. The van der Waals surface area contributed by atoms with E-state index in [0.717, 1.165) is 11.3 Å². The van der Waals surface area contributed by atoms with Crippen LogP contribution in [-0.4, -0.2) is 18.2 Å². The predicted molar refractivity (Wildman–Crippen MR) is 84.7 cm³/mol. The standard InChI is InChI=1S/C17H18N2O2/c1-12-5-3-4-6-16(12)18-11-17(21)19-15-9-7-14(8-10-15)13(2)20/h3-10,18H,11H2,1-2H3,(H,19,21). The zero-order valence-electron chi connectivity index (χ0n) is 12.1. The molecule has 0 aliphatic rings. The lowest BCUT2D eigenvalue weighted by molar-refractivity contribution is -0.114. The predicted octanol–water partition coefficient (Wildman–Crippen LogP) is 3.25. The van der Waals surface area contributed by atoms with Crippen LogP contribution in [0.25, 0.3) is 0 Å². The van der Waals surface area contributed by atoms with E-state index in [2.05, 4.69) is 10.6 Å². The van der Waals surface area contributed by atoms with E-state index in [1.165, 1.54) is 6.92 Å². The van der Waals surface area contributed by atoms with Crippen LogP contribution >= 0.6 is 0 Å². The zero-order chi connectivity index (χ0) is 15.2. The van der Waals surface area contributed by atoms with Crippen LogP contribution in [0, 0.1) is 6.92 Å². The highest BCUT2D eigenvalue weighted by Crippen LogP contribution is 2.13. The number of hydrogen-bond donors (Lipinski definition) is 2. The molecular weight excluding hydrogens is 264 g/mol. The first-order chi connectivity index (χ1) is 10.1. The van der Waals surface area contributed by atoms with Crippen LogP contribution < -0.4 is 10.6 Å². The molecule has 2 aromatic rings. The van der Waals surface area contributed by atoms with Crippen molar-refractivity contribution in [2.75, 3.05) is 17.2 Å². The molecule has 0 unspecified atom stereocenters. The summed E-state index contributed by atoms with van der Waals surface area (Å²) in [6.45, 7) is 3.69. The average molecular weight is 282 g/mol. The van der Waals surface area contributed by atoms with Crippen molar-refractivity contribution in [2.45, 2.75) is 13.8 Å².